The first-order chi connectivity index (χ1) is 8.71. The molecule has 1 aromatic heterocycles. The van der Waals surface area contributed by atoms with Crippen molar-refractivity contribution in [2.45, 2.75) is 13.8 Å². The van der Waals surface area contributed by atoms with Gasteiger partial charge < -0.3 is 14.4 Å². The number of ether oxygens (including phenoxy) is 2. The maximum Gasteiger partial charge on any atom is 0.376 e. The van der Waals surface area contributed by atoms with E-state index >= 15 is 0 Å². The van der Waals surface area contributed by atoms with Crippen molar-refractivity contribution >= 4 is 5.97 Å². The number of nitrogens with zero attached hydrogens (tertiary/aromatic N) is 3. The SMILES string of the molecule is CCN(CC)CCOC(=O)c1ncc(OC)cn1. The molecule has 0 atom stereocenters. The van der Waals surface area contributed by atoms with Crippen LogP contribution in [0.4, 0.5) is 0 Å². The minimum absolute atomic E-state index is 0.0512. The fourth-order valence-electron chi connectivity index (χ4n) is 1.40. The fraction of sp³-hybridized carbons (Fsp3) is 0.583. The number of methoxy groups -OCH3 is 1. The summed E-state index contributed by atoms with van der Waals surface area (Å²) in [5, 5.41) is 0. The average molecular weight is 253 g/mol. The summed E-state index contributed by atoms with van der Waals surface area (Å²) >= 11 is 0. The Balaban J connectivity index is 2.40. The van der Waals surface area contributed by atoms with Gasteiger partial charge in [0, 0.05) is 6.54 Å². The minimum atomic E-state index is -0.509. The van der Waals surface area contributed by atoms with Gasteiger partial charge in [0.05, 0.1) is 19.5 Å². The van der Waals surface area contributed by atoms with Crippen LogP contribution in [-0.2, 0) is 4.74 Å². The van der Waals surface area contributed by atoms with Crippen molar-refractivity contribution in [1.82, 2.24) is 14.9 Å². The molecule has 18 heavy (non-hydrogen) atoms. The highest BCUT2D eigenvalue weighted by Crippen LogP contribution is 2.05. The van der Waals surface area contributed by atoms with Gasteiger partial charge in [-0.3, -0.25) is 0 Å². The summed E-state index contributed by atoms with van der Waals surface area (Å²) in [4.78, 5) is 21.5. The third-order valence-electron chi connectivity index (χ3n) is 2.58. The van der Waals surface area contributed by atoms with E-state index in [1.807, 2.05) is 0 Å². The van der Waals surface area contributed by atoms with Crippen molar-refractivity contribution in [2.75, 3.05) is 33.4 Å². The number of likely N-dealkylation sites (N-methyl/N-ethyl adjacent to an activating group) is 1. The van der Waals surface area contributed by atoms with Crippen LogP contribution in [0.3, 0.4) is 0 Å². The Kier molecular flexibility index (Phi) is 6.07. The van der Waals surface area contributed by atoms with Crippen molar-refractivity contribution in [3.8, 4) is 5.75 Å². The minimum Gasteiger partial charge on any atom is -0.494 e. The molecule has 0 aliphatic heterocycles. The molecule has 0 saturated carbocycles. The summed E-state index contributed by atoms with van der Waals surface area (Å²) < 4.78 is 10.00. The molecule has 1 aromatic rings. The molecule has 0 aliphatic carbocycles. The number of hydrogen-bond acceptors (Lipinski definition) is 6. The van der Waals surface area contributed by atoms with Crippen LogP contribution in [0.15, 0.2) is 12.4 Å². The van der Waals surface area contributed by atoms with Gasteiger partial charge in [-0.15, -0.1) is 0 Å². The Labute approximate surface area is 107 Å². The average Bonchev–Trinajstić information content (AvgIpc) is 2.43. The van der Waals surface area contributed by atoms with Crippen molar-refractivity contribution in [3.63, 3.8) is 0 Å². The zero-order valence-corrected chi connectivity index (χ0v) is 11.0. The van der Waals surface area contributed by atoms with E-state index in [0.717, 1.165) is 19.6 Å². The number of aromatic nitrogens is 2. The molecule has 6 nitrogen and oxygen atoms in total. The molecule has 6 heteroatoms. The van der Waals surface area contributed by atoms with Crippen LogP contribution in [0.25, 0.3) is 0 Å². The van der Waals surface area contributed by atoms with Crippen molar-refractivity contribution < 1.29 is 14.3 Å². The Morgan fingerprint density at radius 1 is 1.28 bits per heavy atom. The van der Waals surface area contributed by atoms with E-state index in [2.05, 4.69) is 28.7 Å². The van der Waals surface area contributed by atoms with Crippen LogP contribution in [0, 0.1) is 0 Å². The molecule has 0 fully saturated rings. The Morgan fingerprint density at radius 3 is 2.39 bits per heavy atom. The highest BCUT2D eigenvalue weighted by atomic mass is 16.5. The first-order valence-corrected chi connectivity index (χ1v) is 5.96. The maximum atomic E-state index is 11.6. The highest BCUT2D eigenvalue weighted by Gasteiger charge is 2.11. The standard InChI is InChI=1S/C12H19N3O3/c1-4-15(5-2)6-7-18-12(16)11-13-8-10(17-3)9-14-11/h8-9H,4-7H2,1-3H3. The summed E-state index contributed by atoms with van der Waals surface area (Å²) in [5.41, 5.74) is 0. The molecular formula is C12H19N3O3. The van der Waals surface area contributed by atoms with Gasteiger partial charge in [-0.2, -0.15) is 0 Å². The van der Waals surface area contributed by atoms with Gasteiger partial charge in [-0.1, -0.05) is 13.8 Å². The van der Waals surface area contributed by atoms with Gasteiger partial charge in [0.25, 0.3) is 0 Å². The van der Waals surface area contributed by atoms with Crippen molar-refractivity contribution in [3.05, 3.63) is 18.2 Å². The lowest BCUT2D eigenvalue weighted by Crippen LogP contribution is -2.28. The molecule has 0 radical (unpaired) electrons. The normalized spacial score (nSPS) is 10.4. The quantitative estimate of drug-likeness (QED) is 0.675. The molecule has 1 heterocycles. The second kappa shape index (κ2) is 7.60. The lowest BCUT2D eigenvalue weighted by molar-refractivity contribution is 0.0452. The Morgan fingerprint density at radius 2 is 1.89 bits per heavy atom. The Hall–Kier alpha value is -1.69. The summed E-state index contributed by atoms with van der Waals surface area (Å²) in [6.45, 7) is 7.07. The van der Waals surface area contributed by atoms with Gasteiger partial charge in [0.2, 0.25) is 5.82 Å². The molecule has 0 spiro atoms. The maximum absolute atomic E-state index is 11.6. The van der Waals surface area contributed by atoms with Crippen LogP contribution < -0.4 is 4.74 Å². The van der Waals surface area contributed by atoms with E-state index in [9.17, 15) is 4.79 Å². The fourth-order valence-corrected chi connectivity index (χ4v) is 1.40. The van der Waals surface area contributed by atoms with Crippen molar-refractivity contribution in [1.29, 1.82) is 0 Å². The zero-order valence-electron chi connectivity index (χ0n) is 11.0. The highest BCUT2D eigenvalue weighted by molar-refractivity contribution is 5.85. The topological polar surface area (TPSA) is 64.5 Å². The van der Waals surface area contributed by atoms with E-state index < -0.39 is 5.97 Å². The van der Waals surface area contributed by atoms with E-state index in [0.29, 0.717) is 12.4 Å². The van der Waals surface area contributed by atoms with Crippen molar-refractivity contribution in [2.24, 2.45) is 0 Å². The third-order valence-corrected chi connectivity index (χ3v) is 2.58. The second-order valence-corrected chi connectivity index (χ2v) is 3.61. The smallest absolute Gasteiger partial charge is 0.376 e. The van der Waals surface area contributed by atoms with Crippen LogP contribution in [0.1, 0.15) is 24.5 Å². The second-order valence-electron chi connectivity index (χ2n) is 3.61. The van der Waals surface area contributed by atoms with Crippen LogP contribution in [-0.4, -0.2) is 54.2 Å². The molecule has 0 unspecified atom stereocenters. The monoisotopic (exact) mass is 253 g/mol. The van der Waals surface area contributed by atoms with Crippen LogP contribution in [0.2, 0.25) is 0 Å². The predicted molar refractivity (Wildman–Crippen MR) is 66.7 cm³/mol. The first-order valence-electron chi connectivity index (χ1n) is 5.96. The van der Waals surface area contributed by atoms with E-state index in [4.69, 9.17) is 9.47 Å². The van der Waals surface area contributed by atoms with E-state index in [1.54, 1.807) is 0 Å². The largest absolute Gasteiger partial charge is 0.494 e. The summed E-state index contributed by atoms with van der Waals surface area (Å²) in [6.07, 6.45) is 2.88. The number of carbonyl (C=O) groups is 1. The summed E-state index contributed by atoms with van der Waals surface area (Å²) in [7, 11) is 1.51. The zero-order chi connectivity index (χ0) is 13.4. The lowest BCUT2D eigenvalue weighted by atomic mass is 10.5. The van der Waals surface area contributed by atoms with Crippen LogP contribution >= 0.6 is 0 Å². The molecule has 100 valence electrons. The van der Waals surface area contributed by atoms with E-state index in [-0.39, 0.29) is 5.82 Å². The van der Waals surface area contributed by atoms with Gasteiger partial charge >= 0.3 is 5.97 Å². The number of carbonyl (C=O) groups excluding carboxylic acids is 1. The molecule has 0 aliphatic rings. The number of rotatable bonds is 7. The van der Waals surface area contributed by atoms with Gasteiger partial charge in [0.15, 0.2) is 5.75 Å². The molecule has 1 rings (SSSR count). The molecule has 0 amide bonds. The summed E-state index contributed by atoms with van der Waals surface area (Å²) in [6, 6.07) is 0. The summed E-state index contributed by atoms with van der Waals surface area (Å²) in [5.74, 6) is 0.0508. The lowest BCUT2D eigenvalue weighted by Gasteiger charge is -2.17. The molecule has 0 bridgehead atoms. The van der Waals surface area contributed by atoms with Gasteiger partial charge in [-0.25, -0.2) is 14.8 Å². The van der Waals surface area contributed by atoms with Gasteiger partial charge in [0.1, 0.15) is 6.61 Å². The molecule has 0 aromatic carbocycles. The van der Waals surface area contributed by atoms with E-state index in [1.165, 1.54) is 19.5 Å². The third kappa shape index (κ3) is 4.29. The molecule has 0 N–H and O–H groups in total. The Bertz CT molecular complexity index is 363. The number of hydrogen-bond donors (Lipinski definition) is 0. The molecule has 0 saturated heterocycles. The molecular weight excluding hydrogens is 234 g/mol. The predicted octanol–water partition coefficient (Wildman–Crippen LogP) is 0.984. The van der Waals surface area contributed by atoms with Crippen LogP contribution in [0.5, 0.6) is 5.75 Å². The first kappa shape index (κ1) is 14.4. The number of esters is 1. The van der Waals surface area contributed by atoms with Gasteiger partial charge in [-0.05, 0) is 13.1 Å².